The minimum Gasteiger partial charge on any atom is -0.379 e. The molecule has 1 aliphatic heterocycles. The molecule has 0 atom stereocenters. The Bertz CT molecular complexity index is 791. The van der Waals surface area contributed by atoms with Gasteiger partial charge < -0.3 is 14.6 Å². The molecule has 6 nitrogen and oxygen atoms in total. The summed E-state index contributed by atoms with van der Waals surface area (Å²) in [5.41, 5.74) is 1.56. The minimum atomic E-state index is -0.241. The van der Waals surface area contributed by atoms with Crippen molar-refractivity contribution >= 4 is 21.8 Å². The maximum atomic E-state index is 12.7. The smallest absolute Gasteiger partial charge is 0.269 e. The lowest BCUT2D eigenvalue weighted by Crippen LogP contribution is -2.41. The predicted octanol–water partition coefficient (Wildman–Crippen LogP) is 2.17. The first-order valence-electron chi connectivity index (χ1n) is 8.15. The van der Waals surface area contributed by atoms with Gasteiger partial charge in [0.1, 0.15) is 11.8 Å². The van der Waals surface area contributed by atoms with Crippen LogP contribution in [-0.4, -0.2) is 54.8 Å². The lowest BCUT2D eigenvalue weighted by atomic mass is 10.2. The van der Waals surface area contributed by atoms with Gasteiger partial charge in [0.05, 0.1) is 18.8 Å². The highest BCUT2D eigenvalue weighted by molar-refractivity contribution is 9.10. The first-order chi connectivity index (χ1) is 12.2. The largest absolute Gasteiger partial charge is 0.379 e. The number of morpholine rings is 1. The van der Waals surface area contributed by atoms with Crippen LogP contribution in [0.1, 0.15) is 16.1 Å². The molecule has 25 heavy (non-hydrogen) atoms. The lowest BCUT2D eigenvalue weighted by Gasteiger charge is -2.26. The Morgan fingerprint density at radius 3 is 2.84 bits per heavy atom. The fraction of sp³-hybridized carbons (Fsp3) is 0.333. The third-order valence-corrected chi connectivity index (χ3v) is 4.62. The molecule has 1 aliphatic rings. The van der Waals surface area contributed by atoms with Gasteiger partial charge in [-0.1, -0.05) is 22.0 Å². The van der Waals surface area contributed by atoms with Crippen LogP contribution in [0.5, 0.6) is 0 Å². The van der Waals surface area contributed by atoms with E-state index < -0.39 is 0 Å². The second-order valence-electron chi connectivity index (χ2n) is 5.75. The third-order valence-electron chi connectivity index (χ3n) is 4.13. The number of hydrogen-bond acceptors (Lipinski definition) is 4. The number of amides is 1. The molecule has 0 spiro atoms. The van der Waals surface area contributed by atoms with Crippen LogP contribution in [0.2, 0.25) is 0 Å². The average molecular weight is 403 g/mol. The van der Waals surface area contributed by atoms with Crippen LogP contribution in [0, 0.1) is 11.3 Å². The molecule has 0 unspecified atom stereocenters. The van der Waals surface area contributed by atoms with Gasteiger partial charge >= 0.3 is 0 Å². The molecule has 1 aromatic heterocycles. The number of ether oxygens (including phenoxy) is 1. The van der Waals surface area contributed by atoms with E-state index >= 15 is 0 Å². The Hall–Kier alpha value is -2.14. The van der Waals surface area contributed by atoms with Gasteiger partial charge in [-0.05, 0) is 24.3 Å². The summed E-state index contributed by atoms with van der Waals surface area (Å²) in [6.45, 7) is 4.54. The van der Waals surface area contributed by atoms with Gasteiger partial charge in [0, 0.05) is 42.5 Å². The van der Waals surface area contributed by atoms with E-state index in [0.717, 1.165) is 43.0 Å². The molecule has 1 N–H and O–H groups in total. The van der Waals surface area contributed by atoms with Gasteiger partial charge in [-0.3, -0.25) is 9.69 Å². The zero-order valence-electron chi connectivity index (χ0n) is 13.7. The Kier molecular flexibility index (Phi) is 5.87. The number of halogens is 1. The van der Waals surface area contributed by atoms with E-state index in [-0.39, 0.29) is 5.91 Å². The van der Waals surface area contributed by atoms with Crippen LogP contribution in [0.4, 0.5) is 0 Å². The Morgan fingerprint density at radius 2 is 2.12 bits per heavy atom. The summed E-state index contributed by atoms with van der Waals surface area (Å²) in [5, 5.41) is 12.3. The number of benzene rings is 1. The Morgan fingerprint density at radius 1 is 1.32 bits per heavy atom. The number of nitrogens with one attached hydrogen (secondary N) is 1. The number of carbonyl (C=O) groups is 1. The molecular weight excluding hydrogens is 384 g/mol. The van der Waals surface area contributed by atoms with E-state index in [1.807, 2.05) is 24.3 Å². The predicted molar refractivity (Wildman–Crippen MR) is 97.8 cm³/mol. The van der Waals surface area contributed by atoms with Crippen LogP contribution in [-0.2, 0) is 4.74 Å². The van der Waals surface area contributed by atoms with Crippen molar-refractivity contribution in [3.8, 4) is 11.8 Å². The van der Waals surface area contributed by atoms with Crippen LogP contribution in [0.3, 0.4) is 0 Å². The average Bonchev–Trinajstić information content (AvgIpc) is 3.07. The highest BCUT2D eigenvalue weighted by Crippen LogP contribution is 2.20. The molecule has 0 radical (unpaired) electrons. The molecule has 1 aromatic carbocycles. The van der Waals surface area contributed by atoms with Crippen molar-refractivity contribution in [1.82, 2.24) is 14.8 Å². The number of carbonyl (C=O) groups excluding carboxylic acids is 1. The van der Waals surface area contributed by atoms with Crippen molar-refractivity contribution in [3.63, 3.8) is 0 Å². The Labute approximate surface area is 155 Å². The molecule has 2 heterocycles. The summed E-state index contributed by atoms with van der Waals surface area (Å²) in [4.78, 5) is 14.9. The minimum absolute atomic E-state index is 0.241. The van der Waals surface area contributed by atoms with Gasteiger partial charge in [0.25, 0.3) is 5.91 Å². The molecule has 1 fully saturated rings. The summed E-state index contributed by atoms with van der Waals surface area (Å²) in [5.74, 6) is -0.241. The molecule has 0 bridgehead atoms. The molecule has 3 rings (SSSR count). The van der Waals surface area contributed by atoms with Crippen LogP contribution < -0.4 is 5.32 Å². The summed E-state index contributed by atoms with van der Waals surface area (Å²) < 4.78 is 7.97. The maximum absolute atomic E-state index is 12.7. The topological polar surface area (TPSA) is 70.3 Å². The highest BCUT2D eigenvalue weighted by Gasteiger charge is 2.18. The molecule has 2 aromatic rings. The molecule has 130 valence electrons. The summed E-state index contributed by atoms with van der Waals surface area (Å²) in [6.07, 6.45) is 1.75. The standard InChI is InChI=1S/C18H19BrN4O2/c19-15-2-1-3-16(12-15)23-6-4-14(13-20)17(23)18(24)21-5-7-22-8-10-25-11-9-22/h1-4,6,12H,5,7-11H2,(H,21,24). The van der Waals surface area contributed by atoms with Crippen molar-refractivity contribution < 1.29 is 9.53 Å². The summed E-state index contributed by atoms with van der Waals surface area (Å²) in [7, 11) is 0. The van der Waals surface area contributed by atoms with E-state index in [1.54, 1.807) is 16.8 Å². The molecule has 1 amide bonds. The van der Waals surface area contributed by atoms with E-state index in [1.165, 1.54) is 0 Å². The van der Waals surface area contributed by atoms with Crippen LogP contribution in [0.15, 0.2) is 41.0 Å². The second kappa shape index (κ2) is 8.30. The fourth-order valence-corrected chi connectivity index (χ4v) is 3.22. The monoisotopic (exact) mass is 402 g/mol. The number of nitriles is 1. The zero-order chi connectivity index (χ0) is 17.6. The summed E-state index contributed by atoms with van der Waals surface area (Å²) >= 11 is 3.44. The van der Waals surface area contributed by atoms with Gasteiger partial charge in [-0.15, -0.1) is 0 Å². The first-order valence-corrected chi connectivity index (χ1v) is 8.94. The molecule has 1 saturated heterocycles. The quantitative estimate of drug-likeness (QED) is 0.831. The molecular formula is C18H19BrN4O2. The van der Waals surface area contributed by atoms with Crippen molar-refractivity contribution in [3.05, 3.63) is 52.3 Å². The van der Waals surface area contributed by atoms with E-state index in [9.17, 15) is 10.1 Å². The lowest BCUT2D eigenvalue weighted by molar-refractivity contribution is 0.0383. The van der Waals surface area contributed by atoms with Gasteiger partial charge in [0.15, 0.2) is 0 Å². The SMILES string of the molecule is N#Cc1ccn(-c2cccc(Br)c2)c1C(=O)NCCN1CCOCC1. The number of aromatic nitrogens is 1. The van der Waals surface area contributed by atoms with Crippen molar-refractivity contribution in [2.75, 3.05) is 39.4 Å². The Balaban J connectivity index is 1.73. The van der Waals surface area contributed by atoms with Crippen LogP contribution in [0.25, 0.3) is 5.69 Å². The molecule has 7 heteroatoms. The first kappa shape index (κ1) is 17.7. The highest BCUT2D eigenvalue weighted by atomic mass is 79.9. The third kappa shape index (κ3) is 4.28. The van der Waals surface area contributed by atoms with E-state index in [0.29, 0.717) is 17.8 Å². The maximum Gasteiger partial charge on any atom is 0.269 e. The number of rotatable bonds is 5. The summed E-state index contributed by atoms with van der Waals surface area (Å²) in [6, 6.07) is 11.4. The van der Waals surface area contributed by atoms with Crippen molar-refractivity contribution in [1.29, 1.82) is 5.26 Å². The van der Waals surface area contributed by atoms with Crippen molar-refractivity contribution in [2.24, 2.45) is 0 Å². The number of hydrogen-bond donors (Lipinski definition) is 1. The fourth-order valence-electron chi connectivity index (χ4n) is 2.83. The van der Waals surface area contributed by atoms with Crippen LogP contribution >= 0.6 is 15.9 Å². The van der Waals surface area contributed by atoms with Crippen molar-refractivity contribution in [2.45, 2.75) is 0 Å². The molecule has 0 saturated carbocycles. The normalized spacial score (nSPS) is 14.9. The second-order valence-corrected chi connectivity index (χ2v) is 6.67. The van der Waals surface area contributed by atoms with E-state index in [2.05, 4.69) is 32.2 Å². The van der Waals surface area contributed by atoms with Gasteiger partial charge in [-0.2, -0.15) is 5.26 Å². The van der Waals surface area contributed by atoms with Gasteiger partial charge in [-0.25, -0.2) is 0 Å². The number of nitrogens with zero attached hydrogens (tertiary/aromatic N) is 3. The van der Waals surface area contributed by atoms with E-state index in [4.69, 9.17) is 4.74 Å². The molecule has 0 aliphatic carbocycles. The van der Waals surface area contributed by atoms with Gasteiger partial charge in [0.2, 0.25) is 0 Å². The zero-order valence-corrected chi connectivity index (χ0v) is 15.3.